The molecule has 0 unspecified atom stereocenters. The van der Waals surface area contributed by atoms with Crippen molar-refractivity contribution in [1.82, 2.24) is 0 Å². The summed E-state index contributed by atoms with van der Waals surface area (Å²) >= 11 is 0. The summed E-state index contributed by atoms with van der Waals surface area (Å²) in [4.78, 5) is 0. The molecule has 0 saturated carbocycles. The van der Waals surface area contributed by atoms with E-state index in [2.05, 4.69) is 81.4 Å². The summed E-state index contributed by atoms with van der Waals surface area (Å²) in [6.45, 7) is 12.2. The highest BCUT2D eigenvalue weighted by atomic mass is 28.4. The molecule has 2 fully saturated rings. The van der Waals surface area contributed by atoms with Crippen LogP contribution in [-0.4, -0.2) is 58.8 Å². The monoisotopic (exact) mass is 562 g/mol. The van der Waals surface area contributed by atoms with Crippen LogP contribution >= 0.6 is 0 Å². The summed E-state index contributed by atoms with van der Waals surface area (Å²) < 4.78 is 37.2. The second kappa shape index (κ2) is 11.8. The van der Waals surface area contributed by atoms with Crippen molar-refractivity contribution in [2.24, 2.45) is 0 Å². The number of benzene rings is 3. The van der Waals surface area contributed by atoms with Crippen molar-refractivity contribution in [1.29, 1.82) is 0 Å². The van der Waals surface area contributed by atoms with Crippen LogP contribution in [0.25, 0.3) is 0 Å². The molecule has 0 bridgehead atoms. The number of rotatable bonds is 11. The summed E-state index contributed by atoms with van der Waals surface area (Å²) in [5.41, 5.74) is 1.08. The number of epoxide rings is 1. The number of hydrogen-bond donors (Lipinski definition) is 0. The van der Waals surface area contributed by atoms with E-state index < -0.39 is 14.1 Å². The maximum atomic E-state index is 7.10. The van der Waals surface area contributed by atoms with E-state index in [1.165, 1.54) is 10.4 Å². The van der Waals surface area contributed by atoms with Gasteiger partial charge in [0.1, 0.15) is 30.2 Å². The third-order valence-electron chi connectivity index (χ3n) is 7.76. The molecule has 214 valence electrons. The van der Waals surface area contributed by atoms with Crippen molar-refractivity contribution in [3.63, 3.8) is 0 Å². The molecular weight excluding hydrogens is 520 g/mol. The maximum Gasteiger partial charge on any atom is 0.261 e. The van der Waals surface area contributed by atoms with Gasteiger partial charge in [0.05, 0.1) is 26.9 Å². The van der Waals surface area contributed by atoms with Crippen LogP contribution in [0.3, 0.4) is 0 Å². The fraction of sp³-hybridized carbons (Fsp3) is 0.455. The van der Waals surface area contributed by atoms with Gasteiger partial charge in [-0.05, 0) is 47.0 Å². The van der Waals surface area contributed by atoms with Crippen LogP contribution in [0.2, 0.25) is 5.04 Å². The fourth-order valence-electron chi connectivity index (χ4n) is 5.83. The Morgan fingerprint density at radius 3 is 1.90 bits per heavy atom. The summed E-state index contributed by atoms with van der Waals surface area (Å²) in [6, 6.07) is 29.3. The molecule has 0 aromatic heterocycles. The van der Waals surface area contributed by atoms with Crippen LogP contribution in [0.1, 0.15) is 40.2 Å². The Balaban J connectivity index is 1.27. The second-order valence-corrected chi connectivity index (χ2v) is 16.4. The predicted molar refractivity (Wildman–Crippen MR) is 159 cm³/mol. The van der Waals surface area contributed by atoms with E-state index in [-0.39, 0.29) is 29.5 Å². The minimum Gasteiger partial charge on any atom is -0.497 e. The first-order chi connectivity index (χ1) is 19.1. The highest BCUT2D eigenvalue weighted by molar-refractivity contribution is 6.99. The maximum absolute atomic E-state index is 7.10. The van der Waals surface area contributed by atoms with Gasteiger partial charge >= 0.3 is 0 Å². The Hall–Kier alpha value is -2.52. The average Bonchev–Trinajstić information content (AvgIpc) is 3.65. The van der Waals surface area contributed by atoms with Crippen molar-refractivity contribution >= 4 is 18.7 Å². The standard InChI is InChI=1S/C33H42O6Si/c1-32(2,3)40(26-13-9-7-10-14-26,27-15-11-8-12-16-27)36-23-28-30(37-28)31-29(38-33(4,5)39-31)22-35-21-24-17-19-25(34-6)20-18-24/h7-20,28-31H,21-23H2,1-6H3/t28-,29+,30-,31-/m1/s1. The van der Waals surface area contributed by atoms with Crippen LogP contribution in [0, 0.1) is 0 Å². The van der Waals surface area contributed by atoms with E-state index >= 15 is 0 Å². The van der Waals surface area contributed by atoms with E-state index in [4.69, 9.17) is 28.1 Å². The fourth-order valence-corrected chi connectivity index (χ4v) is 10.4. The van der Waals surface area contributed by atoms with Crippen LogP contribution in [0.15, 0.2) is 84.9 Å². The summed E-state index contributed by atoms with van der Waals surface area (Å²) in [5, 5.41) is 2.43. The molecule has 2 aliphatic rings. The van der Waals surface area contributed by atoms with E-state index in [0.29, 0.717) is 19.8 Å². The van der Waals surface area contributed by atoms with Gasteiger partial charge < -0.3 is 28.1 Å². The van der Waals surface area contributed by atoms with Gasteiger partial charge in [0, 0.05) is 0 Å². The largest absolute Gasteiger partial charge is 0.497 e. The lowest BCUT2D eigenvalue weighted by molar-refractivity contribution is -0.152. The van der Waals surface area contributed by atoms with Crippen molar-refractivity contribution < 1.29 is 28.1 Å². The highest BCUT2D eigenvalue weighted by Gasteiger charge is 2.57. The van der Waals surface area contributed by atoms with E-state index in [9.17, 15) is 0 Å². The first-order valence-corrected chi connectivity index (χ1v) is 16.0. The predicted octanol–water partition coefficient (Wildman–Crippen LogP) is 5.08. The third kappa shape index (κ3) is 6.20. The van der Waals surface area contributed by atoms with Crippen molar-refractivity contribution in [3.05, 3.63) is 90.5 Å². The molecule has 40 heavy (non-hydrogen) atoms. The third-order valence-corrected chi connectivity index (χ3v) is 12.8. The lowest BCUT2D eigenvalue weighted by Gasteiger charge is -2.43. The van der Waals surface area contributed by atoms with Crippen LogP contribution in [0.5, 0.6) is 5.75 Å². The van der Waals surface area contributed by atoms with E-state index in [0.717, 1.165) is 11.3 Å². The van der Waals surface area contributed by atoms with Crippen LogP contribution < -0.4 is 15.1 Å². The molecule has 7 heteroatoms. The van der Waals surface area contributed by atoms with Gasteiger partial charge in [0.15, 0.2) is 5.79 Å². The lowest BCUT2D eigenvalue weighted by Crippen LogP contribution is -2.66. The Morgan fingerprint density at radius 1 is 0.750 bits per heavy atom. The second-order valence-electron chi connectivity index (χ2n) is 12.1. The lowest BCUT2D eigenvalue weighted by atomic mass is 10.1. The topological polar surface area (TPSA) is 58.7 Å². The first kappa shape index (κ1) is 29.0. The minimum absolute atomic E-state index is 0.0618. The summed E-state index contributed by atoms with van der Waals surface area (Å²) in [7, 11) is -0.973. The van der Waals surface area contributed by atoms with Gasteiger partial charge in [-0.2, -0.15) is 0 Å². The molecule has 3 aromatic rings. The Bertz CT molecular complexity index is 1190. The Labute approximate surface area is 239 Å². The molecule has 0 N–H and O–H groups in total. The van der Waals surface area contributed by atoms with Crippen molar-refractivity contribution in [3.8, 4) is 5.75 Å². The smallest absolute Gasteiger partial charge is 0.261 e. The molecule has 0 spiro atoms. The molecule has 5 rings (SSSR count). The van der Waals surface area contributed by atoms with Crippen molar-refractivity contribution in [2.45, 2.75) is 76.5 Å². The number of hydrogen-bond acceptors (Lipinski definition) is 6. The molecule has 4 atom stereocenters. The van der Waals surface area contributed by atoms with Gasteiger partial charge in [-0.3, -0.25) is 0 Å². The minimum atomic E-state index is -2.64. The van der Waals surface area contributed by atoms with Crippen molar-refractivity contribution in [2.75, 3.05) is 20.3 Å². The normalized spacial score (nSPS) is 24.1. The summed E-state index contributed by atoms with van der Waals surface area (Å²) in [6.07, 6.45) is -0.613. The Kier molecular flexibility index (Phi) is 8.52. The van der Waals surface area contributed by atoms with E-state index in [1.54, 1.807) is 7.11 Å². The zero-order valence-corrected chi connectivity index (χ0v) is 25.5. The van der Waals surface area contributed by atoms with Gasteiger partial charge in [0.2, 0.25) is 0 Å². The zero-order valence-electron chi connectivity index (χ0n) is 24.5. The first-order valence-electron chi connectivity index (χ1n) is 14.1. The average molecular weight is 563 g/mol. The van der Waals surface area contributed by atoms with Gasteiger partial charge in [0.25, 0.3) is 8.32 Å². The zero-order chi connectivity index (χ0) is 28.4. The number of methoxy groups -OCH3 is 1. The number of ether oxygens (including phenoxy) is 5. The SMILES string of the molecule is COc1ccc(COC[C@@H]2OC(C)(C)O[C@H]2[C@@H]2O[C@@H]2CO[Si](c2ccccc2)(c2ccccc2)C(C)(C)C)cc1. The van der Waals surface area contributed by atoms with Crippen LogP contribution in [0.4, 0.5) is 0 Å². The highest BCUT2D eigenvalue weighted by Crippen LogP contribution is 2.41. The molecule has 2 heterocycles. The Morgan fingerprint density at radius 2 is 1.35 bits per heavy atom. The van der Waals surface area contributed by atoms with Gasteiger partial charge in [-0.1, -0.05) is 93.6 Å². The molecule has 2 saturated heterocycles. The molecule has 3 aromatic carbocycles. The molecule has 0 radical (unpaired) electrons. The van der Waals surface area contributed by atoms with Gasteiger partial charge in [-0.15, -0.1) is 0 Å². The van der Waals surface area contributed by atoms with Crippen LogP contribution in [-0.2, 0) is 30.0 Å². The molecular formula is C33H42O6Si. The molecule has 0 aliphatic carbocycles. The molecule has 0 amide bonds. The summed E-state index contributed by atoms with van der Waals surface area (Å²) in [5.74, 6) is 0.129. The molecule has 2 aliphatic heterocycles. The van der Waals surface area contributed by atoms with E-state index in [1.807, 2.05) is 38.1 Å². The molecule has 6 nitrogen and oxygen atoms in total. The van der Waals surface area contributed by atoms with Gasteiger partial charge in [-0.25, -0.2) is 0 Å². The quantitative estimate of drug-likeness (QED) is 0.240.